The predicted molar refractivity (Wildman–Crippen MR) is 84.1 cm³/mol. The number of nitrogens with zero attached hydrogens (tertiary/aromatic N) is 1. The molecule has 3 heteroatoms. The summed E-state index contributed by atoms with van der Waals surface area (Å²) in [6.45, 7) is 5.67. The number of likely N-dealkylation sites (N-methyl/N-ethyl adjacent to an activating group) is 1. The summed E-state index contributed by atoms with van der Waals surface area (Å²) in [5, 5.41) is 0. The van der Waals surface area contributed by atoms with Gasteiger partial charge >= 0.3 is 0 Å². The highest BCUT2D eigenvalue weighted by molar-refractivity contribution is 5.40. The number of hydrogen-bond acceptors (Lipinski definition) is 3. The third-order valence-corrected chi connectivity index (χ3v) is 4.46. The van der Waals surface area contributed by atoms with Gasteiger partial charge in [-0.1, -0.05) is 19.9 Å². The fourth-order valence-electron chi connectivity index (χ4n) is 3.06. The van der Waals surface area contributed by atoms with Gasteiger partial charge in [-0.2, -0.15) is 0 Å². The molecule has 2 N–H and O–H groups in total. The summed E-state index contributed by atoms with van der Waals surface area (Å²) in [5.74, 6) is 1.68. The normalized spacial score (nSPS) is 22.1. The lowest BCUT2D eigenvalue weighted by molar-refractivity contribution is 0.183. The second-order valence-electron chi connectivity index (χ2n) is 6.36. The first-order valence-electron chi connectivity index (χ1n) is 7.65. The van der Waals surface area contributed by atoms with Crippen molar-refractivity contribution in [1.82, 2.24) is 4.90 Å². The maximum absolute atomic E-state index is 6.51. The molecular weight excluding hydrogens is 248 g/mol. The molecule has 1 aromatic carbocycles. The van der Waals surface area contributed by atoms with Gasteiger partial charge in [0.25, 0.3) is 0 Å². The Kier molecular flexibility index (Phi) is 5.06. The van der Waals surface area contributed by atoms with Crippen LogP contribution < -0.4 is 10.5 Å². The minimum Gasteiger partial charge on any atom is -0.497 e. The van der Waals surface area contributed by atoms with Crippen molar-refractivity contribution in [2.45, 2.75) is 45.2 Å². The van der Waals surface area contributed by atoms with E-state index in [2.05, 4.69) is 37.9 Å². The smallest absolute Gasteiger partial charge is 0.119 e. The van der Waals surface area contributed by atoms with Gasteiger partial charge in [-0.25, -0.2) is 0 Å². The third kappa shape index (κ3) is 3.33. The van der Waals surface area contributed by atoms with Crippen LogP contribution in [0.4, 0.5) is 0 Å². The van der Waals surface area contributed by atoms with Crippen molar-refractivity contribution in [3.05, 3.63) is 29.3 Å². The Balaban J connectivity index is 2.09. The quantitative estimate of drug-likeness (QED) is 0.898. The monoisotopic (exact) mass is 276 g/mol. The lowest BCUT2D eigenvalue weighted by Gasteiger charge is -2.37. The van der Waals surface area contributed by atoms with E-state index in [1.165, 1.54) is 17.5 Å². The Morgan fingerprint density at radius 3 is 2.80 bits per heavy atom. The molecule has 0 heterocycles. The van der Waals surface area contributed by atoms with Crippen LogP contribution in [0.25, 0.3) is 0 Å². The predicted octanol–water partition coefficient (Wildman–Crippen LogP) is 2.99. The molecule has 1 aliphatic rings. The van der Waals surface area contributed by atoms with Crippen molar-refractivity contribution in [3.63, 3.8) is 0 Å². The largest absolute Gasteiger partial charge is 0.497 e. The standard InChI is InChI=1S/C17H28N2O/c1-12(2)9-10-19(3)16-8-5-13-11-14(20-4)6-7-15(13)17(16)18/h6-7,11-12,16-17H,5,8-10,18H2,1-4H3. The highest BCUT2D eigenvalue weighted by Crippen LogP contribution is 2.33. The summed E-state index contributed by atoms with van der Waals surface area (Å²) in [6.07, 6.45) is 3.46. The van der Waals surface area contributed by atoms with E-state index in [9.17, 15) is 0 Å². The van der Waals surface area contributed by atoms with Crippen LogP contribution in [0.2, 0.25) is 0 Å². The first kappa shape index (κ1) is 15.3. The lowest BCUT2D eigenvalue weighted by atomic mass is 9.83. The fraction of sp³-hybridized carbons (Fsp3) is 0.647. The van der Waals surface area contributed by atoms with Crippen LogP contribution in [-0.2, 0) is 6.42 Å². The minimum atomic E-state index is 0.113. The Bertz CT molecular complexity index is 445. The number of rotatable bonds is 5. The molecule has 2 rings (SSSR count). The van der Waals surface area contributed by atoms with Gasteiger partial charge in [0.15, 0.2) is 0 Å². The average Bonchev–Trinajstić information content (AvgIpc) is 2.44. The molecule has 0 amide bonds. The summed E-state index contributed by atoms with van der Waals surface area (Å²) in [4.78, 5) is 2.44. The number of ether oxygens (including phenoxy) is 1. The Hall–Kier alpha value is -1.06. The zero-order chi connectivity index (χ0) is 14.7. The molecule has 1 aliphatic carbocycles. The van der Waals surface area contributed by atoms with Gasteiger partial charge in [-0.15, -0.1) is 0 Å². The zero-order valence-electron chi connectivity index (χ0n) is 13.2. The van der Waals surface area contributed by atoms with Crippen molar-refractivity contribution >= 4 is 0 Å². The van der Waals surface area contributed by atoms with Crippen LogP contribution in [0.1, 0.15) is 43.9 Å². The molecule has 0 saturated carbocycles. The summed E-state index contributed by atoms with van der Waals surface area (Å²) < 4.78 is 5.30. The first-order chi connectivity index (χ1) is 9.52. The highest BCUT2D eigenvalue weighted by Gasteiger charge is 2.29. The van der Waals surface area contributed by atoms with Gasteiger partial charge in [-0.3, -0.25) is 0 Å². The van der Waals surface area contributed by atoms with Crippen molar-refractivity contribution in [3.8, 4) is 5.75 Å². The molecule has 0 aliphatic heterocycles. The Morgan fingerprint density at radius 2 is 2.15 bits per heavy atom. The average molecular weight is 276 g/mol. The molecule has 20 heavy (non-hydrogen) atoms. The second-order valence-corrected chi connectivity index (χ2v) is 6.36. The van der Waals surface area contributed by atoms with Gasteiger partial charge in [0.1, 0.15) is 5.75 Å². The van der Waals surface area contributed by atoms with E-state index in [-0.39, 0.29) is 6.04 Å². The molecule has 0 saturated heterocycles. The van der Waals surface area contributed by atoms with E-state index in [0.717, 1.165) is 31.1 Å². The van der Waals surface area contributed by atoms with E-state index in [0.29, 0.717) is 6.04 Å². The lowest BCUT2D eigenvalue weighted by Crippen LogP contribution is -2.44. The minimum absolute atomic E-state index is 0.113. The van der Waals surface area contributed by atoms with E-state index in [1.54, 1.807) is 7.11 Å². The van der Waals surface area contributed by atoms with Crippen molar-refractivity contribution < 1.29 is 4.74 Å². The van der Waals surface area contributed by atoms with E-state index in [4.69, 9.17) is 10.5 Å². The third-order valence-electron chi connectivity index (χ3n) is 4.46. The molecule has 0 radical (unpaired) electrons. The van der Waals surface area contributed by atoms with Gasteiger partial charge < -0.3 is 15.4 Å². The topological polar surface area (TPSA) is 38.5 Å². The summed E-state index contributed by atoms with van der Waals surface area (Å²) in [6, 6.07) is 6.87. The number of aryl methyl sites for hydroxylation is 1. The summed E-state index contributed by atoms with van der Waals surface area (Å²) >= 11 is 0. The second kappa shape index (κ2) is 6.59. The maximum atomic E-state index is 6.51. The van der Waals surface area contributed by atoms with Gasteiger partial charge in [-0.05, 0) is 62.0 Å². The zero-order valence-corrected chi connectivity index (χ0v) is 13.2. The fourth-order valence-corrected chi connectivity index (χ4v) is 3.06. The number of methoxy groups -OCH3 is 1. The summed E-state index contributed by atoms with van der Waals surface area (Å²) in [5.41, 5.74) is 9.15. The van der Waals surface area contributed by atoms with Crippen LogP contribution in [0.5, 0.6) is 5.75 Å². The molecule has 112 valence electrons. The first-order valence-corrected chi connectivity index (χ1v) is 7.65. The molecule has 0 fully saturated rings. The van der Waals surface area contributed by atoms with Crippen LogP contribution in [0.3, 0.4) is 0 Å². The highest BCUT2D eigenvalue weighted by atomic mass is 16.5. The van der Waals surface area contributed by atoms with Gasteiger partial charge in [0.05, 0.1) is 7.11 Å². The number of nitrogens with two attached hydrogens (primary N) is 1. The maximum Gasteiger partial charge on any atom is 0.119 e. The van der Waals surface area contributed by atoms with E-state index in [1.807, 2.05) is 6.07 Å². The van der Waals surface area contributed by atoms with E-state index >= 15 is 0 Å². The van der Waals surface area contributed by atoms with Gasteiger partial charge in [0.2, 0.25) is 0 Å². The number of hydrogen-bond donors (Lipinski definition) is 1. The molecule has 0 spiro atoms. The molecule has 0 bridgehead atoms. The SMILES string of the molecule is COc1ccc2c(c1)CCC(N(C)CCC(C)C)C2N. The van der Waals surface area contributed by atoms with E-state index < -0.39 is 0 Å². The van der Waals surface area contributed by atoms with Crippen LogP contribution in [-0.4, -0.2) is 31.6 Å². The van der Waals surface area contributed by atoms with Crippen LogP contribution in [0.15, 0.2) is 18.2 Å². The molecule has 2 atom stereocenters. The summed E-state index contributed by atoms with van der Waals surface area (Å²) in [7, 11) is 3.93. The molecule has 3 nitrogen and oxygen atoms in total. The van der Waals surface area contributed by atoms with Crippen LogP contribution in [0, 0.1) is 5.92 Å². The van der Waals surface area contributed by atoms with Crippen molar-refractivity contribution in [2.24, 2.45) is 11.7 Å². The van der Waals surface area contributed by atoms with Crippen molar-refractivity contribution in [2.75, 3.05) is 20.7 Å². The van der Waals surface area contributed by atoms with Crippen LogP contribution >= 0.6 is 0 Å². The molecule has 2 unspecified atom stereocenters. The van der Waals surface area contributed by atoms with Gasteiger partial charge in [0, 0.05) is 12.1 Å². The molecule has 0 aromatic heterocycles. The van der Waals surface area contributed by atoms with Crippen molar-refractivity contribution in [1.29, 1.82) is 0 Å². The Morgan fingerprint density at radius 1 is 1.40 bits per heavy atom. The molecular formula is C17H28N2O. The Labute approximate surface area is 123 Å². The number of fused-ring (bicyclic) bond motifs is 1. The number of benzene rings is 1. The molecule has 1 aromatic rings.